The molecule has 1 saturated heterocycles. The highest BCUT2D eigenvalue weighted by Crippen LogP contribution is 2.24. The molecule has 4 rings (SSSR count). The summed E-state index contributed by atoms with van der Waals surface area (Å²) in [6, 6.07) is 24.1. The highest BCUT2D eigenvalue weighted by Gasteiger charge is 2.25. The Bertz CT molecular complexity index is 1120. The summed E-state index contributed by atoms with van der Waals surface area (Å²) >= 11 is 0. The van der Waals surface area contributed by atoms with Crippen LogP contribution in [0.1, 0.15) is 16.7 Å². The first-order valence-electron chi connectivity index (χ1n) is 10.6. The minimum Gasteiger partial charge on any atom is -0.379 e. The molecule has 0 amide bonds. The highest BCUT2D eigenvalue weighted by atomic mass is 32.2. The van der Waals surface area contributed by atoms with Gasteiger partial charge < -0.3 is 10.1 Å². The van der Waals surface area contributed by atoms with Crippen LogP contribution in [0.25, 0.3) is 11.1 Å². The Morgan fingerprint density at radius 2 is 1.58 bits per heavy atom. The summed E-state index contributed by atoms with van der Waals surface area (Å²) < 4.78 is 32.2. The van der Waals surface area contributed by atoms with Gasteiger partial charge in [0.05, 0.1) is 18.1 Å². The SMILES string of the molecule is Cc1ccccc1-c1cccc(CNCc2ccc(S(=O)(=O)N3CCOCC3)cc2)c1. The van der Waals surface area contributed by atoms with Gasteiger partial charge in [0.2, 0.25) is 10.0 Å². The van der Waals surface area contributed by atoms with Crippen LogP contribution in [0.15, 0.2) is 77.7 Å². The fraction of sp³-hybridized carbons (Fsp3) is 0.280. The fourth-order valence-electron chi connectivity index (χ4n) is 3.81. The first-order chi connectivity index (χ1) is 15.0. The smallest absolute Gasteiger partial charge is 0.243 e. The molecule has 1 aliphatic rings. The number of hydrogen-bond acceptors (Lipinski definition) is 4. The molecule has 0 unspecified atom stereocenters. The normalized spacial score (nSPS) is 15.1. The van der Waals surface area contributed by atoms with Gasteiger partial charge in [-0.15, -0.1) is 0 Å². The number of hydrogen-bond donors (Lipinski definition) is 1. The van der Waals surface area contributed by atoms with Crippen molar-refractivity contribution in [2.24, 2.45) is 0 Å². The Morgan fingerprint density at radius 1 is 0.871 bits per heavy atom. The lowest BCUT2D eigenvalue weighted by Crippen LogP contribution is -2.40. The summed E-state index contributed by atoms with van der Waals surface area (Å²) in [6.45, 7) is 5.27. The Balaban J connectivity index is 1.36. The van der Waals surface area contributed by atoms with Gasteiger partial charge >= 0.3 is 0 Å². The predicted molar refractivity (Wildman–Crippen MR) is 123 cm³/mol. The lowest BCUT2D eigenvalue weighted by atomic mass is 9.99. The first kappa shape index (κ1) is 21.7. The Kier molecular flexibility index (Phi) is 6.83. The third-order valence-electron chi connectivity index (χ3n) is 5.57. The monoisotopic (exact) mass is 436 g/mol. The zero-order valence-corrected chi connectivity index (χ0v) is 18.6. The van der Waals surface area contributed by atoms with Crippen LogP contribution in [0.2, 0.25) is 0 Å². The van der Waals surface area contributed by atoms with Crippen molar-refractivity contribution in [3.63, 3.8) is 0 Å². The average Bonchev–Trinajstić information content (AvgIpc) is 2.80. The second kappa shape index (κ2) is 9.75. The molecular formula is C25H28N2O3S. The van der Waals surface area contributed by atoms with Gasteiger partial charge in [-0.25, -0.2) is 8.42 Å². The standard InChI is InChI=1S/C25H28N2O3S/c1-20-5-2-3-8-25(20)23-7-4-6-22(17-23)19-26-18-21-9-11-24(12-10-21)31(28,29)27-13-15-30-16-14-27/h2-12,17,26H,13-16,18-19H2,1H3. The van der Waals surface area contributed by atoms with E-state index in [9.17, 15) is 8.42 Å². The molecule has 1 fully saturated rings. The molecule has 0 atom stereocenters. The molecule has 0 aromatic heterocycles. The molecule has 1 aliphatic heterocycles. The fourth-order valence-corrected chi connectivity index (χ4v) is 5.22. The van der Waals surface area contributed by atoms with E-state index >= 15 is 0 Å². The summed E-state index contributed by atoms with van der Waals surface area (Å²) in [6.07, 6.45) is 0. The average molecular weight is 437 g/mol. The summed E-state index contributed by atoms with van der Waals surface area (Å²) in [5.74, 6) is 0. The van der Waals surface area contributed by atoms with E-state index in [0.29, 0.717) is 37.7 Å². The second-order valence-corrected chi connectivity index (χ2v) is 9.72. The van der Waals surface area contributed by atoms with E-state index in [2.05, 4.69) is 60.8 Å². The van der Waals surface area contributed by atoms with Gasteiger partial charge in [0.1, 0.15) is 0 Å². The van der Waals surface area contributed by atoms with Crippen LogP contribution in [0.5, 0.6) is 0 Å². The van der Waals surface area contributed by atoms with Crippen LogP contribution in [0.3, 0.4) is 0 Å². The molecule has 6 heteroatoms. The molecule has 1 heterocycles. The van der Waals surface area contributed by atoms with E-state index in [-0.39, 0.29) is 0 Å². The zero-order valence-electron chi connectivity index (χ0n) is 17.8. The first-order valence-corrected chi connectivity index (χ1v) is 12.0. The van der Waals surface area contributed by atoms with Gasteiger partial charge in [-0.05, 0) is 52.9 Å². The maximum Gasteiger partial charge on any atom is 0.243 e. The molecule has 0 aliphatic carbocycles. The minimum atomic E-state index is -3.44. The van der Waals surface area contributed by atoms with E-state index in [0.717, 1.165) is 12.1 Å². The maximum absolute atomic E-state index is 12.7. The number of nitrogens with zero attached hydrogens (tertiary/aromatic N) is 1. The third-order valence-corrected chi connectivity index (χ3v) is 7.49. The summed E-state index contributed by atoms with van der Waals surface area (Å²) in [5, 5.41) is 3.46. The van der Waals surface area contributed by atoms with E-state index in [1.165, 1.54) is 26.6 Å². The van der Waals surface area contributed by atoms with Crippen LogP contribution in [0.4, 0.5) is 0 Å². The molecule has 3 aromatic carbocycles. The Hall–Kier alpha value is -2.51. The van der Waals surface area contributed by atoms with Crippen LogP contribution < -0.4 is 5.32 Å². The number of morpholine rings is 1. The molecule has 31 heavy (non-hydrogen) atoms. The van der Waals surface area contributed by atoms with Gasteiger partial charge in [0.25, 0.3) is 0 Å². The Morgan fingerprint density at radius 3 is 2.32 bits per heavy atom. The highest BCUT2D eigenvalue weighted by molar-refractivity contribution is 7.89. The topological polar surface area (TPSA) is 58.6 Å². The molecule has 162 valence electrons. The third kappa shape index (κ3) is 5.22. The quantitative estimate of drug-likeness (QED) is 0.609. The molecule has 0 radical (unpaired) electrons. The second-order valence-electron chi connectivity index (χ2n) is 7.78. The summed E-state index contributed by atoms with van der Waals surface area (Å²) in [5.41, 5.74) is 6.00. The maximum atomic E-state index is 12.7. The van der Waals surface area contributed by atoms with Crippen LogP contribution >= 0.6 is 0 Å². The molecule has 0 bridgehead atoms. The molecular weight excluding hydrogens is 408 g/mol. The number of nitrogens with one attached hydrogen (secondary N) is 1. The predicted octanol–water partition coefficient (Wildman–Crippen LogP) is 3.97. The van der Waals surface area contributed by atoms with Crippen molar-refractivity contribution in [2.45, 2.75) is 24.9 Å². The lowest BCUT2D eigenvalue weighted by molar-refractivity contribution is 0.0730. The van der Waals surface area contributed by atoms with Crippen molar-refractivity contribution in [2.75, 3.05) is 26.3 Å². The summed E-state index contributed by atoms with van der Waals surface area (Å²) in [4.78, 5) is 0.337. The molecule has 1 N–H and O–H groups in total. The number of rotatable bonds is 7. The molecule has 3 aromatic rings. The van der Waals surface area contributed by atoms with Crippen LogP contribution in [-0.2, 0) is 27.8 Å². The largest absolute Gasteiger partial charge is 0.379 e. The van der Waals surface area contributed by atoms with E-state index < -0.39 is 10.0 Å². The number of aryl methyl sites for hydroxylation is 1. The number of sulfonamides is 1. The number of benzene rings is 3. The zero-order chi connectivity index (χ0) is 21.7. The molecule has 0 spiro atoms. The lowest BCUT2D eigenvalue weighted by Gasteiger charge is -2.26. The molecule has 5 nitrogen and oxygen atoms in total. The van der Waals surface area contributed by atoms with Crippen LogP contribution in [0, 0.1) is 6.92 Å². The van der Waals surface area contributed by atoms with E-state index in [1.807, 2.05) is 12.1 Å². The van der Waals surface area contributed by atoms with Crippen molar-refractivity contribution in [3.05, 3.63) is 89.5 Å². The van der Waals surface area contributed by atoms with Crippen molar-refractivity contribution < 1.29 is 13.2 Å². The Labute approximate surface area is 184 Å². The van der Waals surface area contributed by atoms with E-state index in [4.69, 9.17) is 4.74 Å². The van der Waals surface area contributed by atoms with Gasteiger partial charge in [-0.3, -0.25) is 0 Å². The van der Waals surface area contributed by atoms with Gasteiger partial charge in [-0.1, -0.05) is 54.6 Å². The van der Waals surface area contributed by atoms with Gasteiger partial charge in [-0.2, -0.15) is 4.31 Å². The van der Waals surface area contributed by atoms with Crippen molar-refractivity contribution in [1.29, 1.82) is 0 Å². The van der Waals surface area contributed by atoms with Gasteiger partial charge in [0.15, 0.2) is 0 Å². The number of ether oxygens (including phenoxy) is 1. The van der Waals surface area contributed by atoms with Gasteiger partial charge in [0, 0.05) is 26.2 Å². The van der Waals surface area contributed by atoms with Crippen molar-refractivity contribution in [3.8, 4) is 11.1 Å². The summed E-state index contributed by atoms with van der Waals surface area (Å²) in [7, 11) is -3.44. The minimum absolute atomic E-state index is 0.337. The van der Waals surface area contributed by atoms with Crippen molar-refractivity contribution in [1.82, 2.24) is 9.62 Å². The van der Waals surface area contributed by atoms with Crippen LogP contribution in [-0.4, -0.2) is 39.0 Å². The molecule has 0 saturated carbocycles. The van der Waals surface area contributed by atoms with Crippen molar-refractivity contribution >= 4 is 10.0 Å². The van der Waals surface area contributed by atoms with E-state index in [1.54, 1.807) is 12.1 Å².